The van der Waals surface area contributed by atoms with Crippen molar-refractivity contribution in [3.63, 3.8) is 0 Å². The van der Waals surface area contributed by atoms with E-state index in [1.54, 1.807) is 0 Å². The highest BCUT2D eigenvalue weighted by Gasteiger charge is 2.21. The third-order valence-electron chi connectivity index (χ3n) is 4.55. The van der Waals surface area contributed by atoms with E-state index >= 15 is 0 Å². The SMILES string of the molecule is CCN(CC)C(=O)Cc1c(-c2ccc(Cl)cc2)nn2c(C)cc(C)nc12. The molecule has 5 nitrogen and oxygen atoms in total. The van der Waals surface area contributed by atoms with Crippen molar-refractivity contribution in [2.75, 3.05) is 13.1 Å². The number of aromatic nitrogens is 3. The maximum absolute atomic E-state index is 12.8. The third kappa shape index (κ3) is 3.44. The minimum atomic E-state index is 0.0843. The molecule has 0 saturated carbocycles. The molecule has 0 fully saturated rings. The van der Waals surface area contributed by atoms with Crippen LogP contribution in [0, 0.1) is 13.8 Å². The summed E-state index contributed by atoms with van der Waals surface area (Å²) in [6.07, 6.45) is 0.277. The molecule has 3 rings (SSSR count). The lowest BCUT2D eigenvalue weighted by atomic mass is 10.0. The van der Waals surface area contributed by atoms with Crippen molar-refractivity contribution in [2.24, 2.45) is 0 Å². The molecule has 26 heavy (non-hydrogen) atoms. The van der Waals surface area contributed by atoms with Gasteiger partial charge in [-0.15, -0.1) is 0 Å². The van der Waals surface area contributed by atoms with E-state index in [1.165, 1.54) is 0 Å². The fourth-order valence-corrected chi connectivity index (χ4v) is 3.33. The molecule has 2 aromatic heterocycles. The highest BCUT2D eigenvalue weighted by molar-refractivity contribution is 6.30. The number of hydrogen-bond donors (Lipinski definition) is 0. The van der Waals surface area contributed by atoms with E-state index in [-0.39, 0.29) is 12.3 Å². The molecule has 0 unspecified atom stereocenters. The average molecular weight is 371 g/mol. The highest BCUT2D eigenvalue weighted by atomic mass is 35.5. The molecule has 2 heterocycles. The Hall–Kier alpha value is -2.40. The first-order valence-corrected chi connectivity index (χ1v) is 9.22. The molecule has 0 spiro atoms. The largest absolute Gasteiger partial charge is 0.343 e. The number of hydrogen-bond acceptors (Lipinski definition) is 3. The van der Waals surface area contributed by atoms with Crippen molar-refractivity contribution in [3.8, 4) is 11.3 Å². The Kier molecular flexibility index (Phi) is 5.28. The fraction of sp³-hybridized carbons (Fsp3) is 0.350. The van der Waals surface area contributed by atoms with Crippen LogP contribution in [0.4, 0.5) is 0 Å². The number of halogens is 1. The number of amides is 1. The zero-order valence-corrected chi connectivity index (χ0v) is 16.3. The predicted octanol–water partition coefficient (Wildman–Crippen LogP) is 4.08. The van der Waals surface area contributed by atoms with E-state index in [9.17, 15) is 4.79 Å². The van der Waals surface area contributed by atoms with E-state index in [4.69, 9.17) is 16.7 Å². The number of carbonyl (C=O) groups excluding carboxylic acids is 1. The molecule has 0 aliphatic heterocycles. The Morgan fingerprint density at radius 3 is 2.42 bits per heavy atom. The van der Waals surface area contributed by atoms with Crippen molar-refractivity contribution in [2.45, 2.75) is 34.1 Å². The van der Waals surface area contributed by atoms with Crippen LogP contribution in [0.3, 0.4) is 0 Å². The minimum absolute atomic E-state index is 0.0843. The number of nitrogens with zero attached hydrogens (tertiary/aromatic N) is 4. The van der Waals surface area contributed by atoms with Crippen molar-refractivity contribution in [1.82, 2.24) is 19.5 Å². The summed E-state index contributed by atoms with van der Waals surface area (Å²) in [4.78, 5) is 19.3. The summed E-state index contributed by atoms with van der Waals surface area (Å²) < 4.78 is 1.82. The third-order valence-corrected chi connectivity index (χ3v) is 4.80. The second-order valence-corrected chi connectivity index (χ2v) is 6.79. The Labute approximate surface area is 158 Å². The van der Waals surface area contributed by atoms with Gasteiger partial charge in [-0.3, -0.25) is 4.79 Å². The highest BCUT2D eigenvalue weighted by Crippen LogP contribution is 2.28. The Balaban J connectivity index is 2.18. The van der Waals surface area contributed by atoms with Crippen molar-refractivity contribution < 1.29 is 4.79 Å². The molecule has 0 aliphatic carbocycles. The first-order chi connectivity index (χ1) is 12.4. The maximum atomic E-state index is 12.8. The number of carbonyl (C=O) groups is 1. The first kappa shape index (κ1) is 18.4. The number of aryl methyl sites for hydroxylation is 2. The normalized spacial score (nSPS) is 11.1. The van der Waals surface area contributed by atoms with Crippen LogP contribution in [0.2, 0.25) is 5.02 Å². The molecule has 0 radical (unpaired) electrons. The fourth-order valence-electron chi connectivity index (χ4n) is 3.21. The number of likely N-dealkylation sites (N-methyl/N-ethyl adjacent to an activating group) is 1. The predicted molar refractivity (Wildman–Crippen MR) is 105 cm³/mol. The summed E-state index contributed by atoms with van der Waals surface area (Å²) in [6, 6.07) is 9.52. The van der Waals surface area contributed by atoms with Gasteiger partial charge in [0, 0.05) is 40.6 Å². The lowest BCUT2D eigenvalue weighted by Gasteiger charge is -2.18. The van der Waals surface area contributed by atoms with Crippen LogP contribution >= 0.6 is 11.6 Å². The van der Waals surface area contributed by atoms with Gasteiger partial charge in [0.2, 0.25) is 5.91 Å². The van der Waals surface area contributed by atoms with Crippen LogP contribution in [-0.2, 0) is 11.2 Å². The summed E-state index contributed by atoms with van der Waals surface area (Å²) in [5, 5.41) is 5.43. The van der Waals surface area contributed by atoms with E-state index in [2.05, 4.69) is 4.98 Å². The van der Waals surface area contributed by atoms with Crippen molar-refractivity contribution >= 4 is 23.2 Å². The van der Waals surface area contributed by atoms with Crippen molar-refractivity contribution in [1.29, 1.82) is 0 Å². The number of rotatable bonds is 5. The lowest BCUT2D eigenvalue weighted by molar-refractivity contribution is -0.130. The Morgan fingerprint density at radius 1 is 1.15 bits per heavy atom. The molecular weight excluding hydrogens is 348 g/mol. The number of benzene rings is 1. The molecule has 136 valence electrons. The number of fused-ring (bicyclic) bond motifs is 1. The summed E-state index contributed by atoms with van der Waals surface area (Å²) in [7, 11) is 0. The van der Waals surface area contributed by atoms with Gasteiger partial charge >= 0.3 is 0 Å². The van der Waals surface area contributed by atoms with Crippen LogP contribution in [0.15, 0.2) is 30.3 Å². The Bertz CT molecular complexity index is 943. The molecule has 0 atom stereocenters. The van der Waals surface area contributed by atoms with Crippen LogP contribution in [0.1, 0.15) is 30.8 Å². The van der Waals surface area contributed by atoms with Gasteiger partial charge in [0.25, 0.3) is 0 Å². The summed E-state index contributed by atoms with van der Waals surface area (Å²) >= 11 is 6.03. The molecule has 6 heteroatoms. The van der Waals surface area contributed by atoms with Crippen molar-refractivity contribution in [3.05, 3.63) is 52.3 Å². The van der Waals surface area contributed by atoms with Gasteiger partial charge in [-0.2, -0.15) is 5.10 Å². The summed E-state index contributed by atoms with van der Waals surface area (Å²) in [6.45, 7) is 9.31. The minimum Gasteiger partial charge on any atom is -0.343 e. The van der Waals surface area contributed by atoms with Gasteiger partial charge in [-0.1, -0.05) is 23.7 Å². The molecule has 0 N–H and O–H groups in total. The maximum Gasteiger partial charge on any atom is 0.227 e. The molecule has 3 aromatic rings. The van der Waals surface area contributed by atoms with E-state index in [0.29, 0.717) is 18.1 Å². The Morgan fingerprint density at radius 2 is 1.81 bits per heavy atom. The standard InChI is InChI=1S/C20H23ClN4O/c1-5-24(6-2)18(26)12-17-19(15-7-9-16(21)10-8-15)23-25-14(4)11-13(3)22-20(17)25/h7-11H,5-6,12H2,1-4H3. The average Bonchev–Trinajstić information content (AvgIpc) is 2.95. The first-order valence-electron chi connectivity index (χ1n) is 8.84. The summed E-state index contributed by atoms with van der Waals surface area (Å²) in [5.74, 6) is 0.0843. The lowest BCUT2D eigenvalue weighted by Crippen LogP contribution is -2.31. The second kappa shape index (κ2) is 7.46. The zero-order chi connectivity index (χ0) is 18.8. The molecule has 0 bridgehead atoms. The molecular formula is C20H23ClN4O. The van der Waals surface area contributed by atoms with Crippen LogP contribution in [0.25, 0.3) is 16.9 Å². The smallest absolute Gasteiger partial charge is 0.227 e. The van der Waals surface area contributed by atoms with Gasteiger partial charge in [-0.25, -0.2) is 9.50 Å². The molecule has 1 amide bonds. The van der Waals surface area contributed by atoms with E-state index in [1.807, 2.05) is 67.4 Å². The molecule has 0 aliphatic rings. The van der Waals surface area contributed by atoms with Gasteiger partial charge in [0.05, 0.1) is 12.1 Å². The van der Waals surface area contributed by atoms with Crippen LogP contribution < -0.4 is 0 Å². The van der Waals surface area contributed by atoms with Gasteiger partial charge in [-0.05, 0) is 45.9 Å². The monoisotopic (exact) mass is 370 g/mol. The topological polar surface area (TPSA) is 50.5 Å². The summed E-state index contributed by atoms with van der Waals surface area (Å²) in [5.41, 5.74) is 5.21. The quantitative estimate of drug-likeness (QED) is 0.680. The van der Waals surface area contributed by atoms with Gasteiger partial charge < -0.3 is 4.90 Å². The van der Waals surface area contributed by atoms with Crippen LogP contribution in [0.5, 0.6) is 0 Å². The van der Waals surface area contributed by atoms with Crippen LogP contribution in [-0.4, -0.2) is 38.5 Å². The van der Waals surface area contributed by atoms with E-state index in [0.717, 1.165) is 33.9 Å². The molecule has 1 aromatic carbocycles. The molecule has 0 saturated heterocycles. The second-order valence-electron chi connectivity index (χ2n) is 6.35. The van der Waals surface area contributed by atoms with Gasteiger partial charge in [0.15, 0.2) is 5.65 Å². The van der Waals surface area contributed by atoms with Gasteiger partial charge in [0.1, 0.15) is 0 Å². The van der Waals surface area contributed by atoms with E-state index < -0.39 is 0 Å². The zero-order valence-electron chi connectivity index (χ0n) is 15.6.